The van der Waals surface area contributed by atoms with Gasteiger partial charge in [0.1, 0.15) is 55.7 Å². The van der Waals surface area contributed by atoms with E-state index in [0.29, 0.717) is 0 Å². The average molecular weight is 1480 g/mol. The minimum absolute atomic E-state index is 0.0540. The van der Waals surface area contributed by atoms with Crippen molar-refractivity contribution in [3.8, 4) is 0 Å². The zero-order chi connectivity index (χ0) is 76.9. The standard InChI is InChI=1S/C62H98N8O33/c1-31(72)67-49-55(98-39(9)80)52(95-36(6)77)44(28-71)101-60(49)90-25-22-87-19-16-64-47(83)15-13-43(59(86)66-18-21-89-24-27-92-62-51(69-33(3)74)57(100-41(11)82)54(97-38(8)79)46(103-62)30-94-35(5)76)70-48(84)14-12-42(63)58(85)65-17-20-88-23-26-91-61-50(68-32(2)73)56(99-40(10)81)53(96-37(7)78)45(102-61)29-93-34(4)75/h42-46,49-57,60-62,71H,12-30,63H2,1-11H3,(H,64,83)(H,65,85)(H,66,86)(H,67,72)(H,68,73)(H,69,74)(H,70,84)/t42-,43-,44?,45?,46?,49?,50?,51?,52?,53?,54?,55?,56?,57?,60?,61?,62?/m0/s1. The topological polar surface area (TPSA) is 543 Å². The third kappa shape index (κ3) is 34.2. The summed E-state index contributed by atoms with van der Waals surface area (Å²) in [5.74, 6) is -10.7. The van der Waals surface area contributed by atoms with Gasteiger partial charge >= 0.3 is 47.8 Å². The quantitative estimate of drug-likeness (QED) is 0.0156. The second-order valence-corrected chi connectivity index (χ2v) is 23.2. The fraction of sp³-hybridized carbons (Fsp3) is 0.758. The molecule has 3 fully saturated rings. The van der Waals surface area contributed by atoms with Gasteiger partial charge in [0.25, 0.3) is 0 Å². The highest BCUT2D eigenvalue weighted by Crippen LogP contribution is 2.31. The first-order chi connectivity index (χ1) is 48.7. The number of aliphatic hydroxyl groups is 1. The van der Waals surface area contributed by atoms with E-state index in [9.17, 15) is 77.0 Å². The van der Waals surface area contributed by atoms with Crippen LogP contribution in [0.15, 0.2) is 0 Å². The van der Waals surface area contributed by atoms with Crippen LogP contribution in [0, 0.1) is 0 Å². The fourth-order valence-electron chi connectivity index (χ4n) is 10.4. The maximum absolute atomic E-state index is 13.7. The van der Waals surface area contributed by atoms with Gasteiger partial charge in [-0.3, -0.25) is 71.9 Å². The number of esters is 8. The lowest BCUT2D eigenvalue weighted by atomic mass is 9.96. The van der Waals surface area contributed by atoms with E-state index in [2.05, 4.69) is 37.2 Å². The third-order valence-corrected chi connectivity index (χ3v) is 14.5. The molecule has 584 valence electrons. The number of hydrogen-bond donors (Lipinski definition) is 9. The zero-order valence-corrected chi connectivity index (χ0v) is 59.3. The van der Waals surface area contributed by atoms with Crippen LogP contribution in [0.1, 0.15) is 102 Å². The molecule has 0 radical (unpaired) electrons. The molecule has 15 unspecified atom stereocenters. The van der Waals surface area contributed by atoms with Crippen LogP contribution in [0.2, 0.25) is 0 Å². The summed E-state index contributed by atoms with van der Waals surface area (Å²) in [4.78, 5) is 186. The summed E-state index contributed by atoms with van der Waals surface area (Å²) < 4.78 is 94.6. The Morgan fingerprint density at radius 1 is 0.379 bits per heavy atom. The monoisotopic (exact) mass is 1480 g/mol. The number of nitrogens with two attached hydrogens (primary N) is 1. The van der Waals surface area contributed by atoms with Gasteiger partial charge in [-0.1, -0.05) is 0 Å². The summed E-state index contributed by atoms with van der Waals surface area (Å²) in [7, 11) is 0. The molecule has 7 amide bonds. The van der Waals surface area contributed by atoms with Gasteiger partial charge in [0.2, 0.25) is 41.4 Å². The van der Waals surface area contributed by atoms with E-state index < -0.39 is 213 Å². The van der Waals surface area contributed by atoms with Crippen LogP contribution in [0.5, 0.6) is 0 Å². The first-order valence-corrected chi connectivity index (χ1v) is 32.8. The molecule has 17 atom stereocenters. The summed E-state index contributed by atoms with van der Waals surface area (Å²) in [5.41, 5.74) is 6.13. The molecule has 0 saturated carbocycles. The number of ether oxygens (including phenoxy) is 17. The lowest BCUT2D eigenvalue weighted by Gasteiger charge is -2.44. The molecule has 0 aromatic heterocycles. The number of amides is 7. The van der Waals surface area contributed by atoms with Crippen molar-refractivity contribution in [3.63, 3.8) is 0 Å². The molecule has 3 heterocycles. The number of carbonyl (C=O) groups is 15. The SMILES string of the molecule is CC(=O)NC1C(OCCOCCNC(=O)CC[C@H](NC(=O)CC[C@H](N)C(=O)NCCOCCOC2OC(COC(C)=O)C(OC(C)=O)C(OC(C)=O)C2NC(C)=O)C(=O)NCCOCCOC2OC(COC(C)=O)C(OC(C)=O)C(OC(C)=O)C2NC(C)=O)OC(CO)C(OC(C)=O)C1OC(C)=O. The van der Waals surface area contributed by atoms with Gasteiger partial charge in [-0.25, -0.2) is 0 Å². The summed E-state index contributed by atoms with van der Waals surface area (Å²) in [5, 5.41) is 28.1. The average Bonchev–Trinajstić information content (AvgIpc) is 0.802. The summed E-state index contributed by atoms with van der Waals surface area (Å²) in [6.45, 7) is 9.09. The first kappa shape index (κ1) is 88.8. The summed E-state index contributed by atoms with van der Waals surface area (Å²) in [6.07, 6.45) is -17.0. The number of nitrogens with one attached hydrogen (secondary N) is 7. The van der Waals surface area contributed by atoms with E-state index in [-0.39, 0.29) is 105 Å². The highest BCUT2D eigenvalue weighted by atomic mass is 16.7. The molecule has 0 aromatic rings. The van der Waals surface area contributed by atoms with E-state index in [1.807, 2.05) is 0 Å². The van der Waals surface area contributed by atoms with Crippen molar-refractivity contribution in [3.05, 3.63) is 0 Å². The van der Waals surface area contributed by atoms with Crippen LogP contribution in [0.4, 0.5) is 0 Å². The van der Waals surface area contributed by atoms with Gasteiger partial charge in [-0.2, -0.15) is 0 Å². The van der Waals surface area contributed by atoms with Gasteiger partial charge in [0.15, 0.2) is 55.5 Å². The van der Waals surface area contributed by atoms with Crippen LogP contribution in [-0.4, -0.2) is 297 Å². The Balaban J connectivity index is 1.61. The Morgan fingerprint density at radius 3 is 1.04 bits per heavy atom. The predicted octanol–water partition coefficient (Wildman–Crippen LogP) is -5.80. The van der Waals surface area contributed by atoms with Gasteiger partial charge in [-0.15, -0.1) is 0 Å². The van der Waals surface area contributed by atoms with Crippen molar-refractivity contribution < 1.29 is 158 Å². The molecule has 3 saturated heterocycles. The Labute approximate surface area is 592 Å². The Bertz CT molecular complexity index is 2840. The van der Waals surface area contributed by atoms with Gasteiger partial charge in [0, 0.05) is 109 Å². The molecule has 10 N–H and O–H groups in total. The van der Waals surface area contributed by atoms with Crippen LogP contribution in [0.3, 0.4) is 0 Å². The molecular weight excluding hydrogens is 1380 g/mol. The van der Waals surface area contributed by atoms with Crippen molar-refractivity contribution in [2.75, 3.05) is 98.9 Å². The molecule has 0 spiro atoms. The third-order valence-electron chi connectivity index (χ3n) is 14.5. The molecule has 41 nitrogen and oxygen atoms in total. The van der Waals surface area contributed by atoms with Crippen LogP contribution >= 0.6 is 0 Å². The summed E-state index contributed by atoms with van der Waals surface area (Å²) >= 11 is 0. The van der Waals surface area contributed by atoms with Crippen LogP contribution < -0.4 is 43.0 Å². The lowest BCUT2D eigenvalue weighted by Crippen LogP contribution is -2.66. The Hall–Kier alpha value is -8.39. The molecule has 41 heteroatoms. The zero-order valence-electron chi connectivity index (χ0n) is 59.3. The molecule has 103 heavy (non-hydrogen) atoms. The minimum atomic E-state index is -1.39. The van der Waals surface area contributed by atoms with Crippen LogP contribution in [-0.2, 0) is 152 Å². The van der Waals surface area contributed by atoms with Crippen molar-refractivity contribution in [2.45, 2.75) is 206 Å². The molecule has 3 aliphatic rings. The second kappa shape index (κ2) is 47.1. The Morgan fingerprint density at radius 2 is 0.699 bits per heavy atom. The number of hydrogen-bond acceptors (Lipinski definition) is 34. The van der Waals surface area contributed by atoms with Crippen molar-refractivity contribution in [1.82, 2.24) is 37.2 Å². The normalized spacial score (nSPS) is 24.8. The Kier molecular flexibility index (Phi) is 40.6. The largest absolute Gasteiger partial charge is 0.463 e. The highest BCUT2D eigenvalue weighted by molar-refractivity contribution is 5.89. The van der Waals surface area contributed by atoms with E-state index >= 15 is 0 Å². The van der Waals surface area contributed by atoms with Crippen molar-refractivity contribution >= 4 is 89.1 Å². The number of carbonyl (C=O) groups excluding carboxylic acids is 15. The predicted molar refractivity (Wildman–Crippen MR) is 340 cm³/mol. The van der Waals surface area contributed by atoms with E-state index in [1.165, 1.54) is 20.8 Å². The summed E-state index contributed by atoms with van der Waals surface area (Å²) in [6, 6.07) is -6.26. The minimum Gasteiger partial charge on any atom is -0.463 e. The van der Waals surface area contributed by atoms with Crippen LogP contribution in [0.25, 0.3) is 0 Å². The van der Waals surface area contributed by atoms with Crippen molar-refractivity contribution in [1.29, 1.82) is 0 Å². The number of rotatable bonds is 44. The van der Waals surface area contributed by atoms with E-state index in [4.69, 9.17) is 86.3 Å². The fourth-order valence-corrected chi connectivity index (χ4v) is 10.4. The second-order valence-electron chi connectivity index (χ2n) is 23.2. The van der Waals surface area contributed by atoms with E-state index in [0.717, 1.165) is 55.4 Å². The molecular formula is C62H98N8O33. The number of aliphatic hydroxyl groups excluding tert-OH is 1. The molecule has 0 aliphatic carbocycles. The first-order valence-electron chi connectivity index (χ1n) is 32.8. The molecule has 3 rings (SSSR count). The van der Waals surface area contributed by atoms with Gasteiger partial charge in [0.05, 0.1) is 72.1 Å². The molecule has 3 aliphatic heterocycles. The van der Waals surface area contributed by atoms with Gasteiger partial charge in [-0.05, 0) is 12.8 Å². The smallest absolute Gasteiger partial charge is 0.303 e. The molecule has 0 bridgehead atoms. The lowest BCUT2D eigenvalue weighted by molar-refractivity contribution is -0.279. The van der Waals surface area contributed by atoms with Crippen molar-refractivity contribution in [2.24, 2.45) is 5.73 Å². The van der Waals surface area contributed by atoms with Gasteiger partial charge < -0.3 is 129 Å². The molecule has 0 aromatic carbocycles. The highest BCUT2D eigenvalue weighted by Gasteiger charge is 2.54. The van der Waals surface area contributed by atoms with E-state index in [1.54, 1.807) is 0 Å². The maximum Gasteiger partial charge on any atom is 0.303 e. The maximum atomic E-state index is 13.7.